The van der Waals surface area contributed by atoms with Gasteiger partial charge < -0.3 is 18.3 Å². The number of aromatic nitrogens is 4. The van der Waals surface area contributed by atoms with Crippen molar-refractivity contribution in [2.75, 3.05) is 0 Å². The molecule has 0 bridgehead atoms. The van der Waals surface area contributed by atoms with Gasteiger partial charge in [0.2, 0.25) is 0 Å². The molecule has 0 aliphatic rings. The van der Waals surface area contributed by atoms with Gasteiger partial charge in [-0.05, 0) is 103 Å². The van der Waals surface area contributed by atoms with E-state index < -0.39 is 0 Å². The summed E-state index contributed by atoms with van der Waals surface area (Å²) in [5, 5.41) is 47.1. The van der Waals surface area contributed by atoms with Crippen molar-refractivity contribution in [2.24, 2.45) is 0 Å². The lowest BCUT2D eigenvalue weighted by molar-refractivity contribution is 0.851. The number of hydrogen-bond donors (Lipinski definition) is 0. The summed E-state index contributed by atoms with van der Waals surface area (Å²) in [5.41, 5.74) is 15.5. The Morgan fingerprint density at radius 1 is 0.277 bits per heavy atom. The molecule has 0 atom stereocenters. The Bertz CT molecular complexity index is 7420. The normalized spacial score (nSPS) is 12.2. The zero-order valence-corrected chi connectivity index (χ0v) is 55.7. The summed E-state index contributed by atoms with van der Waals surface area (Å²) in [6.45, 7) is 0.219. The second kappa shape index (κ2) is 21.2. The third-order valence-electron chi connectivity index (χ3n) is 21.7. The predicted octanol–water partition coefficient (Wildman–Crippen LogP) is 25.4. The number of fused-ring (bicyclic) bond motifs is 24. The molecular formula is C93H52N6S2. The Kier molecular flexibility index (Phi) is 11.8. The highest BCUT2D eigenvalue weighted by Crippen LogP contribution is 2.53. The van der Waals surface area contributed by atoms with Crippen molar-refractivity contribution in [1.82, 2.24) is 18.3 Å². The lowest BCUT2D eigenvalue weighted by Crippen LogP contribution is -2.17. The number of hydrogen-bond acceptors (Lipinski definition) is 4. The van der Waals surface area contributed by atoms with E-state index in [0.717, 1.165) is 151 Å². The average molecular weight is 1320 g/mol. The molecule has 0 spiro atoms. The molecule has 22 rings (SSSR count). The van der Waals surface area contributed by atoms with E-state index in [1.54, 1.807) is 22.7 Å². The Morgan fingerprint density at radius 3 is 1.37 bits per heavy atom. The van der Waals surface area contributed by atoms with Gasteiger partial charge in [0, 0.05) is 90.6 Å². The van der Waals surface area contributed by atoms with E-state index in [9.17, 15) is 10.5 Å². The van der Waals surface area contributed by atoms with Gasteiger partial charge in [-0.15, -0.1) is 22.7 Å². The first-order chi connectivity index (χ1) is 50.1. The minimum atomic E-state index is 0.219. The summed E-state index contributed by atoms with van der Waals surface area (Å²) < 4.78 is 14.1. The van der Waals surface area contributed by atoms with Crippen molar-refractivity contribution in [1.29, 1.82) is 10.5 Å². The third kappa shape index (κ3) is 7.72. The van der Waals surface area contributed by atoms with Gasteiger partial charge in [-0.2, -0.15) is 10.5 Å². The van der Waals surface area contributed by atoms with E-state index >= 15 is 0 Å². The second-order valence-electron chi connectivity index (χ2n) is 26.7. The summed E-state index contributed by atoms with van der Waals surface area (Å²) in [4.78, 5) is 0. The fraction of sp³-hybridized carbons (Fsp3) is 0.0108. The topological polar surface area (TPSA) is 67.3 Å². The molecule has 8 heteroatoms. The standard InChI is InChI=1S/C93H52N6S2/c94-51-74-76(53-96-77-35-11-5-26-62(77)63-27-6-12-36-78(63)96)87(99-82-50-57(60-32-18-23-56-43-42-55-21-2-4-25-59(55)85(56)60)44-45-66(82)70-46-47-71-67-30-9-15-40-83(67)100-92(71)90(70)99)75(52-95)89(97-79-37-13-7-28-64(79)65-29-8-14-38-80(65)97)88(74)98-81-39-19-34-69(61-33-17-22-54-20-1-3-24-58(54)61)86(81)73-49-48-72-68-31-10-16-41-84(68)101-93(72)91(73)98/h1-50H,53H2. The molecule has 0 unspecified atom stereocenters. The van der Waals surface area contributed by atoms with Crippen molar-refractivity contribution in [3.63, 3.8) is 0 Å². The number of thiophene rings is 2. The van der Waals surface area contributed by atoms with E-state index in [-0.39, 0.29) is 6.54 Å². The molecule has 0 fully saturated rings. The van der Waals surface area contributed by atoms with E-state index in [1.807, 2.05) is 0 Å². The molecule has 16 aromatic carbocycles. The van der Waals surface area contributed by atoms with Crippen LogP contribution in [0.3, 0.4) is 0 Å². The zero-order chi connectivity index (χ0) is 66.3. The Hall–Kier alpha value is -13.1. The van der Waals surface area contributed by atoms with Gasteiger partial charge in [-0.3, -0.25) is 0 Å². The molecule has 101 heavy (non-hydrogen) atoms. The first-order valence-electron chi connectivity index (χ1n) is 34.2. The van der Waals surface area contributed by atoms with Crippen LogP contribution in [0.5, 0.6) is 0 Å². The molecule has 0 saturated heterocycles. The van der Waals surface area contributed by atoms with Crippen LogP contribution in [0, 0.1) is 22.7 Å². The first kappa shape index (κ1) is 56.0. The maximum Gasteiger partial charge on any atom is 0.104 e. The Labute approximate surface area is 585 Å². The fourth-order valence-electron chi connectivity index (χ4n) is 17.5. The lowest BCUT2D eigenvalue weighted by atomic mass is 9.93. The minimum absolute atomic E-state index is 0.219. The maximum absolute atomic E-state index is 13.6. The molecule has 6 aromatic heterocycles. The van der Waals surface area contributed by atoms with Gasteiger partial charge in [-0.25, -0.2) is 0 Å². The quantitative estimate of drug-likeness (QED) is 0.149. The van der Waals surface area contributed by atoms with Crippen molar-refractivity contribution in [3.05, 3.63) is 320 Å². The van der Waals surface area contributed by atoms with Gasteiger partial charge in [0.25, 0.3) is 0 Å². The smallest absolute Gasteiger partial charge is 0.104 e. The average Bonchev–Trinajstić information content (AvgIpc) is 1.55. The van der Waals surface area contributed by atoms with Crippen LogP contribution >= 0.6 is 22.7 Å². The Balaban J connectivity index is 1.00. The summed E-state index contributed by atoms with van der Waals surface area (Å²) in [7, 11) is 0. The molecule has 0 amide bonds. The highest BCUT2D eigenvalue weighted by atomic mass is 32.1. The SMILES string of the molecule is N#Cc1c(-n2c3ccccc3c3ccccc32)c(-n2c3cccc(-c4cccc5ccccc45)c3c3ccc4c5ccccc5sc4c32)c(C#N)c(Cn2c3ccccc3c3ccccc32)c1-n1c2cc(-c3cccc4ccc5ccccc5c34)ccc2c2ccc3c4ccccc4sc3c21. The molecule has 0 radical (unpaired) electrons. The van der Waals surface area contributed by atoms with E-state index in [1.165, 1.54) is 36.3 Å². The van der Waals surface area contributed by atoms with Crippen molar-refractivity contribution >= 4 is 183 Å². The number of rotatable bonds is 7. The lowest BCUT2D eigenvalue weighted by Gasteiger charge is -2.26. The largest absolute Gasteiger partial charge is 0.336 e. The van der Waals surface area contributed by atoms with Gasteiger partial charge in [0.05, 0.1) is 71.7 Å². The fourth-order valence-corrected chi connectivity index (χ4v) is 20.0. The summed E-state index contributed by atoms with van der Waals surface area (Å²) in [6.07, 6.45) is 0. The van der Waals surface area contributed by atoms with Crippen LogP contribution in [0.15, 0.2) is 303 Å². The minimum Gasteiger partial charge on any atom is -0.336 e. The highest BCUT2D eigenvalue weighted by Gasteiger charge is 2.35. The second-order valence-corrected chi connectivity index (χ2v) is 28.8. The summed E-state index contributed by atoms with van der Waals surface area (Å²) >= 11 is 3.57. The van der Waals surface area contributed by atoms with Crippen LogP contribution in [0.2, 0.25) is 0 Å². The van der Waals surface area contributed by atoms with Crippen LogP contribution in [-0.2, 0) is 6.54 Å². The number of para-hydroxylation sites is 4. The van der Waals surface area contributed by atoms with Gasteiger partial charge >= 0.3 is 0 Å². The molecule has 0 saturated carbocycles. The number of nitriles is 2. The Morgan fingerprint density at radius 2 is 0.713 bits per heavy atom. The van der Waals surface area contributed by atoms with Crippen LogP contribution < -0.4 is 0 Å². The van der Waals surface area contributed by atoms with E-state index in [0.29, 0.717) is 28.2 Å². The van der Waals surface area contributed by atoms with Gasteiger partial charge in [0.15, 0.2) is 0 Å². The summed E-state index contributed by atoms with van der Waals surface area (Å²) in [5.74, 6) is 0. The third-order valence-corrected chi connectivity index (χ3v) is 24.1. The predicted molar refractivity (Wildman–Crippen MR) is 427 cm³/mol. The molecule has 0 aliphatic heterocycles. The van der Waals surface area contributed by atoms with Crippen LogP contribution in [0.4, 0.5) is 0 Å². The molecule has 0 aliphatic carbocycles. The van der Waals surface area contributed by atoms with Crippen LogP contribution in [0.1, 0.15) is 16.7 Å². The van der Waals surface area contributed by atoms with E-state index in [4.69, 9.17) is 0 Å². The zero-order valence-electron chi connectivity index (χ0n) is 54.1. The molecule has 466 valence electrons. The van der Waals surface area contributed by atoms with Gasteiger partial charge in [-0.1, -0.05) is 255 Å². The highest BCUT2D eigenvalue weighted by molar-refractivity contribution is 7.27. The van der Waals surface area contributed by atoms with Crippen LogP contribution in [-0.4, -0.2) is 18.3 Å². The molecule has 6 nitrogen and oxygen atoms in total. The van der Waals surface area contributed by atoms with E-state index in [2.05, 4.69) is 334 Å². The van der Waals surface area contributed by atoms with Gasteiger partial charge in [0.1, 0.15) is 17.7 Å². The molecule has 6 heterocycles. The molecule has 22 aromatic rings. The maximum atomic E-state index is 13.6. The van der Waals surface area contributed by atoms with Crippen LogP contribution in [0.25, 0.3) is 199 Å². The van der Waals surface area contributed by atoms with Crippen molar-refractivity contribution < 1.29 is 0 Å². The number of benzene rings is 16. The first-order valence-corrected chi connectivity index (χ1v) is 35.8. The number of nitrogens with zero attached hydrogens (tertiary/aromatic N) is 6. The monoisotopic (exact) mass is 1320 g/mol. The summed E-state index contributed by atoms with van der Waals surface area (Å²) in [6, 6.07) is 116. The molecule has 0 N–H and O–H groups in total. The van der Waals surface area contributed by atoms with Crippen molar-refractivity contribution in [2.45, 2.75) is 6.54 Å². The molecular weight excluding hydrogens is 1270 g/mol. The van der Waals surface area contributed by atoms with Crippen molar-refractivity contribution in [3.8, 4) is 51.5 Å².